The van der Waals surface area contributed by atoms with Gasteiger partial charge >= 0.3 is 5.97 Å². The second kappa shape index (κ2) is 3.94. The number of hydrogen-bond acceptors (Lipinski definition) is 4. The Kier molecular flexibility index (Phi) is 2.62. The van der Waals surface area contributed by atoms with E-state index in [-0.39, 0.29) is 10.8 Å². The van der Waals surface area contributed by atoms with Crippen molar-refractivity contribution in [2.45, 2.75) is 6.92 Å². The average Bonchev–Trinajstić information content (AvgIpc) is 2.61. The van der Waals surface area contributed by atoms with Crippen molar-refractivity contribution in [3.8, 4) is 10.4 Å². The number of nitrogen functional groups attached to an aromatic ring is 1. The number of anilines is 1. The molecule has 2 aromatic rings. The molecule has 0 aliphatic carbocycles. The standard InChI is InChI=1S/C11H10N2O2S/c1-6-4-2-3-5-7(6)9-8(10(14)15)13-11(12)16-9/h2-5H,1H3,(H2,12,13)(H,14,15). The van der Waals surface area contributed by atoms with E-state index in [2.05, 4.69) is 4.98 Å². The summed E-state index contributed by atoms with van der Waals surface area (Å²) in [7, 11) is 0. The molecule has 0 radical (unpaired) electrons. The van der Waals surface area contributed by atoms with Gasteiger partial charge in [0.1, 0.15) is 0 Å². The van der Waals surface area contributed by atoms with E-state index in [4.69, 9.17) is 10.8 Å². The molecule has 0 unspecified atom stereocenters. The van der Waals surface area contributed by atoms with Gasteiger partial charge in [0.2, 0.25) is 0 Å². The minimum atomic E-state index is -1.05. The van der Waals surface area contributed by atoms with Crippen LogP contribution in [0, 0.1) is 6.92 Å². The summed E-state index contributed by atoms with van der Waals surface area (Å²) in [5.41, 5.74) is 7.45. The fourth-order valence-electron chi connectivity index (χ4n) is 1.49. The molecule has 0 aliphatic heterocycles. The first kappa shape index (κ1) is 10.6. The Morgan fingerprint density at radius 1 is 1.44 bits per heavy atom. The Hall–Kier alpha value is -1.88. The SMILES string of the molecule is Cc1ccccc1-c1sc(N)nc1C(=O)O. The van der Waals surface area contributed by atoms with Crippen LogP contribution in [0.2, 0.25) is 0 Å². The summed E-state index contributed by atoms with van der Waals surface area (Å²) < 4.78 is 0. The molecular formula is C11H10N2O2S. The highest BCUT2D eigenvalue weighted by molar-refractivity contribution is 7.19. The average molecular weight is 234 g/mol. The van der Waals surface area contributed by atoms with E-state index in [9.17, 15) is 4.79 Å². The summed E-state index contributed by atoms with van der Waals surface area (Å²) in [5, 5.41) is 9.29. The van der Waals surface area contributed by atoms with Crippen molar-refractivity contribution in [2.75, 3.05) is 5.73 Å². The second-order valence-corrected chi connectivity index (χ2v) is 4.38. The van der Waals surface area contributed by atoms with E-state index in [0.29, 0.717) is 4.88 Å². The summed E-state index contributed by atoms with van der Waals surface area (Å²) in [5.74, 6) is -1.05. The van der Waals surface area contributed by atoms with Crippen LogP contribution in [-0.4, -0.2) is 16.1 Å². The van der Waals surface area contributed by atoms with Crippen molar-refractivity contribution in [3.05, 3.63) is 35.5 Å². The topological polar surface area (TPSA) is 76.2 Å². The van der Waals surface area contributed by atoms with Gasteiger partial charge in [-0.15, -0.1) is 0 Å². The molecule has 1 aromatic carbocycles. The highest BCUT2D eigenvalue weighted by Crippen LogP contribution is 2.33. The molecule has 2 rings (SSSR count). The number of carboxylic acids is 1. The zero-order valence-electron chi connectivity index (χ0n) is 8.60. The van der Waals surface area contributed by atoms with Crippen LogP contribution in [0.25, 0.3) is 10.4 Å². The molecule has 3 N–H and O–H groups in total. The first-order valence-corrected chi connectivity index (χ1v) is 5.47. The van der Waals surface area contributed by atoms with Gasteiger partial charge in [-0.3, -0.25) is 0 Å². The number of aromatic carboxylic acids is 1. The monoisotopic (exact) mass is 234 g/mol. The predicted octanol–water partition coefficient (Wildman–Crippen LogP) is 2.40. The molecular weight excluding hydrogens is 224 g/mol. The van der Waals surface area contributed by atoms with Gasteiger partial charge in [0, 0.05) is 0 Å². The molecule has 0 saturated heterocycles. The molecule has 16 heavy (non-hydrogen) atoms. The summed E-state index contributed by atoms with van der Waals surface area (Å²) in [6.45, 7) is 1.93. The molecule has 82 valence electrons. The molecule has 0 atom stereocenters. The lowest BCUT2D eigenvalue weighted by Crippen LogP contribution is -1.99. The predicted molar refractivity (Wildman–Crippen MR) is 63.7 cm³/mol. The van der Waals surface area contributed by atoms with Gasteiger partial charge < -0.3 is 10.8 Å². The molecule has 1 aromatic heterocycles. The zero-order valence-corrected chi connectivity index (χ0v) is 9.41. The quantitative estimate of drug-likeness (QED) is 0.836. The van der Waals surface area contributed by atoms with Crippen LogP contribution in [0.1, 0.15) is 16.1 Å². The Morgan fingerprint density at radius 2 is 2.12 bits per heavy atom. The van der Waals surface area contributed by atoms with Crippen LogP contribution in [0.3, 0.4) is 0 Å². The smallest absolute Gasteiger partial charge is 0.356 e. The van der Waals surface area contributed by atoms with Crippen LogP contribution >= 0.6 is 11.3 Å². The molecule has 4 nitrogen and oxygen atoms in total. The van der Waals surface area contributed by atoms with Gasteiger partial charge in [-0.1, -0.05) is 35.6 Å². The number of aromatic nitrogens is 1. The number of nitrogens with zero attached hydrogens (tertiary/aromatic N) is 1. The maximum atomic E-state index is 11.0. The Bertz CT molecular complexity index is 549. The molecule has 0 bridgehead atoms. The number of carbonyl (C=O) groups is 1. The number of hydrogen-bond donors (Lipinski definition) is 2. The van der Waals surface area contributed by atoms with E-state index >= 15 is 0 Å². The van der Waals surface area contributed by atoms with Crippen molar-refractivity contribution in [1.82, 2.24) is 4.98 Å². The number of carboxylic acid groups (broad SMARTS) is 1. The van der Waals surface area contributed by atoms with E-state index in [1.165, 1.54) is 11.3 Å². The number of thiazole rings is 1. The van der Waals surface area contributed by atoms with Gasteiger partial charge in [-0.25, -0.2) is 9.78 Å². The fraction of sp³-hybridized carbons (Fsp3) is 0.0909. The van der Waals surface area contributed by atoms with Gasteiger partial charge in [0.25, 0.3) is 0 Å². The third kappa shape index (κ3) is 1.77. The number of aryl methyl sites for hydroxylation is 1. The number of benzene rings is 1. The molecule has 0 spiro atoms. The number of nitrogens with two attached hydrogens (primary N) is 1. The van der Waals surface area contributed by atoms with Crippen molar-refractivity contribution >= 4 is 22.4 Å². The molecule has 0 amide bonds. The van der Waals surface area contributed by atoms with Gasteiger partial charge in [0.05, 0.1) is 4.88 Å². The first-order valence-electron chi connectivity index (χ1n) is 4.65. The normalized spacial score (nSPS) is 10.3. The largest absolute Gasteiger partial charge is 0.476 e. The van der Waals surface area contributed by atoms with Gasteiger partial charge in [-0.2, -0.15) is 0 Å². The van der Waals surface area contributed by atoms with E-state index < -0.39 is 5.97 Å². The third-order valence-corrected chi connectivity index (χ3v) is 3.15. The van der Waals surface area contributed by atoms with Crippen molar-refractivity contribution in [1.29, 1.82) is 0 Å². The Morgan fingerprint density at radius 3 is 2.75 bits per heavy atom. The summed E-state index contributed by atoms with van der Waals surface area (Å²) >= 11 is 1.20. The third-order valence-electron chi connectivity index (χ3n) is 2.24. The summed E-state index contributed by atoms with van der Waals surface area (Å²) in [6, 6.07) is 7.57. The fourth-order valence-corrected chi connectivity index (χ4v) is 2.41. The van der Waals surface area contributed by atoms with E-state index in [1.807, 2.05) is 31.2 Å². The maximum Gasteiger partial charge on any atom is 0.356 e. The summed E-state index contributed by atoms with van der Waals surface area (Å²) in [6.07, 6.45) is 0. The van der Waals surface area contributed by atoms with Crippen LogP contribution in [0.5, 0.6) is 0 Å². The lowest BCUT2D eigenvalue weighted by atomic mass is 10.1. The van der Waals surface area contributed by atoms with Gasteiger partial charge in [0.15, 0.2) is 10.8 Å². The van der Waals surface area contributed by atoms with Crippen LogP contribution in [0.4, 0.5) is 5.13 Å². The highest BCUT2D eigenvalue weighted by Gasteiger charge is 2.18. The van der Waals surface area contributed by atoms with Crippen LogP contribution < -0.4 is 5.73 Å². The van der Waals surface area contributed by atoms with E-state index in [0.717, 1.165) is 11.1 Å². The lowest BCUT2D eigenvalue weighted by Gasteiger charge is -2.02. The Labute approximate surface area is 96.4 Å². The molecule has 0 aliphatic rings. The lowest BCUT2D eigenvalue weighted by molar-refractivity contribution is 0.0692. The minimum absolute atomic E-state index is 0.0248. The number of rotatable bonds is 2. The first-order chi connectivity index (χ1) is 7.59. The summed E-state index contributed by atoms with van der Waals surface area (Å²) in [4.78, 5) is 15.4. The Balaban J connectivity index is 2.64. The highest BCUT2D eigenvalue weighted by atomic mass is 32.1. The molecule has 0 fully saturated rings. The molecule has 0 saturated carbocycles. The second-order valence-electron chi connectivity index (χ2n) is 3.35. The molecule has 5 heteroatoms. The van der Waals surface area contributed by atoms with E-state index in [1.54, 1.807) is 0 Å². The van der Waals surface area contributed by atoms with Crippen molar-refractivity contribution in [3.63, 3.8) is 0 Å². The van der Waals surface area contributed by atoms with Gasteiger partial charge in [-0.05, 0) is 18.1 Å². The zero-order chi connectivity index (χ0) is 11.7. The minimum Gasteiger partial charge on any atom is -0.476 e. The maximum absolute atomic E-state index is 11.0. The van der Waals surface area contributed by atoms with Crippen molar-refractivity contribution < 1.29 is 9.90 Å². The van der Waals surface area contributed by atoms with Crippen LogP contribution in [0.15, 0.2) is 24.3 Å². The van der Waals surface area contributed by atoms with Crippen molar-refractivity contribution in [2.24, 2.45) is 0 Å². The van der Waals surface area contributed by atoms with Crippen LogP contribution in [-0.2, 0) is 0 Å². The molecule has 1 heterocycles.